The maximum atomic E-state index is 12.4. The number of anilines is 2. The van der Waals surface area contributed by atoms with Gasteiger partial charge in [-0.25, -0.2) is 0 Å². The molecule has 0 saturated heterocycles. The van der Waals surface area contributed by atoms with Gasteiger partial charge in [0.1, 0.15) is 10.8 Å². The molecule has 0 aromatic carbocycles. The summed E-state index contributed by atoms with van der Waals surface area (Å²) in [5, 5.41) is 23.2. The van der Waals surface area contributed by atoms with E-state index in [9.17, 15) is 9.59 Å². The predicted molar refractivity (Wildman–Crippen MR) is 128 cm³/mol. The number of aromatic nitrogens is 5. The number of nitrogens with zero attached hydrogens (tertiary/aromatic N) is 5. The summed E-state index contributed by atoms with van der Waals surface area (Å²) in [7, 11) is 0. The quantitative estimate of drug-likeness (QED) is 0.399. The fourth-order valence-electron chi connectivity index (χ4n) is 3.36. The highest BCUT2D eigenvalue weighted by Crippen LogP contribution is 2.25. The Morgan fingerprint density at radius 3 is 2.62 bits per heavy atom. The zero-order valence-electron chi connectivity index (χ0n) is 19.0. The number of ether oxygens (including phenoxy) is 1. The van der Waals surface area contributed by atoms with Crippen LogP contribution in [0.25, 0.3) is 0 Å². The second-order valence-corrected chi connectivity index (χ2v) is 9.24. The van der Waals surface area contributed by atoms with Crippen molar-refractivity contribution in [2.75, 3.05) is 10.6 Å². The molecule has 178 valence electrons. The molecule has 0 spiro atoms. The van der Waals surface area contributed by atoms with E-state index in [4.69, 9.17) is 4.74 Å². The highest BCUT2D eigenvalue weighted by Gasteiger charge is 2.19. The fraction of sp³-hybridized carbons (Fsp3) is 0.435. The normalized spacial score (nSPS) is 13.2. The number of nitrogens with one attached hydrogen (secondary N) is 2. The Hall–Kier alpha value is -3.47. The first-order valence-electron chi connectivity index (χ1n) is 11.4. The van der Waals surface area contributed by atoms with Gasteiger partial charge in [0.2, 0.25) is 16.9 Å². The van der Waals surface area contributed by atoms with Crippen molar-refractivity contribution >= 4 is 34.1 Å². The van der Waals surface area contributed by atoms with Gasteiger partial charge < -0.3 is 15.4 Å². The van der Waals surface area contributed by atoms with Crippen LogP contribution in [0.1, 0.15) is 55.4 Å². The first-order valence-corrected chi connectivity index (χ1v) is 12.2. The Balaban J connectivity index is 1.17. The molecule has 0 atom stereocenters. The standard InChI is InChI=1S/C23H27N7O3S/c1-15(31)25-23-30-29-22(34-23)8-3-2-5-16-9-10-20(28-27-16)26-21(32)14-17-13-19(11-12-24-17)33-18-6-4-7-18/h9-13,18H,2-8,14H2,1H3,(H,25,30,31)(H,26,28,32). The Kier molecular flexibility index (Phi) is 8.08. The minimum absolute atomic E-state index is 0.139. The summed E-state index contributed by atoms with van der Waals surface area (Å²) in [6.45, 7) is 1.45. The minimum Gasteiger partial charge on any atom is -0.490 e. The van der Waals surface area contributed by atoms with Crippen LogP contribution in [0.2, 0.25) is 0 Å². The van der Waals surface area contributed by atoms with Crippen molar-refractivity contribution in [3.05, 3.63) is 46.9 Å². The number of hydrogen-bond donors (Lipinski definition) is 2. The molecule has 0 aliphatic heterocycles. The van der Waals surface area contributed by atoms with Crippen molar-refractivity contribution in [2.45, 2.75) is 64.4 Å². The predicted octanol–water partition coefficient (Wildman–Crippen LogP) is 3.36. The first kappa shape index (κ1) is 23.7. The molecule has 2 amide bonds. The van der Waals surface area contributed by atoms with E-state index in [1.807, 2.05) is 18.2 Å². The molecule has 10 nitrogen and oxygen atoms in total. The van der Waals surface area contributed by atoms with Crippen molar-refractivity contribution in [3.63, 3.8) is 0 Å². The number of unbranched alkanes of at least 4 members (excludes halogenated alkanes) is 1. The van der Waals surface area contributed by atoms with E-state index in [0.717, 1.165) is 55.0 Å². The molecule has 3 aromatic rings. The molecule has 1 saturated carbocycles. The molecule has 4 rings (SSSR count). The van der Waals surface area contributed by atoms with Crippen LogP contribution in [-0.2, 0) is 28.9 Å². The lowest BCUT2D eigenvalue weighted by Gasteiger charge is -2.26. The van der Waals surface area contributed by atoms with Gasteiger partial charge in [0.15, 0.2) is 5.82 Å². The van der Waals surface area contributed by atoms with E-state index in [0.29, 0.717) is 16.6 Å². The monoisotopic (exact) mass is 481 g/mol. The molecule has 1 fully saturated rings. The molecule has 34 heavy (non-hydrogen) atoms. The third-order valence-corrected chi connectivity index (χ3v) is 6.19. The van der Waals surface area contributed by atoms with Crippen molar-refractivity contribution in [3.8, 4) is 5.75 Å². The molecule has 0 bridgehead atoms. The zero-order chi connectivity index (χ0) is 23.8. The van der Waals surface area contributed by atoms with Crippen LogP contribution in [0.5, 0.6) is 5.75 Å². The summed E-state index contributed by atoms with van der Waals surface area (Å²) in [5.74, 6) is 0.813. The van der Waals surface area contributed by atoms with Gasteiger partial charge in [0.05, 0.1) is 23.9 Å². The Bertz CT molecular complexity index is 1120. The average molecular weight is 482 g/mol. The molecule has 2 N–H and O–H groups in total. The van der Waals surface area contributed by atoms with E-state index in [-0.39, 0.29) is 24.3 Å². The van der Waals surface area contributed by atoms with Crippen LogP contribution in [0.15, 0.2) is 30.5 Å². The van der Waals surface area contributed by atoms with E-state index in [1.54, 1.807) is 12.3 Å². The van der Waals surface area contributed by atoms with Crippen LogP contribution in [0.3, 0.4) is 0 Å². The second-order valence-electron chi connectivity index (χ2n) is 8.18. The second kappa shape index (κ2) is 11.6. The molecule has 11 heteroatoms. The van der Waals surface area contributed by atoms with Gasteiger partial charge in [-0.3, -0.25) is 14.6 Å². The van der Waals surface area contributed by atoms with Gasteiger partial charge in [0.25, 0.3) is 0 Å². The maximum Gasteiger partial charge on any atom is 0.231 e. The van der Waals surface area contributed by atoms with E-state index < -0.39 is 0 Å². The third kappa shape index (κ3) is 7.27. The van der Waals surface area contributed by atoms with Crippen LogP contribution in [-0.4, -0.2) is 43.3 Å². The topological polar surface area (TPSA) is 132 Å². The summed E-state index contributed by atoms with van der Waals surface area (Å²) in [4.78, 5) is 27.7. The fourth-order valence-corrected chi connectivity index (χ4v) is 4.18. The van der Waals surface area contributed by atoms with E-state index >= 15 is 0 Å². The largest absolute Gasteiger partial charge is 0.490 e. The number of carbonyl (C=O) groups is 2. The maximum absolute atomic E-state index is 12.4. The van der Waals surface area contributed by atoms with Crippen LogP contribution < -0.4 is 15.4 Å². The van der Waals surface area contributed by atoms with Gasteiger partial charge in [-0.2, -0.15) is 5.10 Å². The minimum atomic E-state index is -0.203. The van der Waals surface area contributed by atoms with Gasteiger partial charge in [-0.15, -0.1) is 15.3 Å². The first-order chi connectivity index (χ1) is 16.5. The lowest BCUT2D eigenvalue weighted by molar-refractivity contribution is -0.116. The third-order valence-electron chi connectivity index (χ3n) is 5.30. The molecule has 3 aromatic heterocycles. The lowest BCUT2D eigenvalue weighted by atomic mass is 9.96. The molecule has 1 aliphatic rings. The van der Waals surface area contributed by atoms with Crippen LogP contribution >= 0.6 is 11.3 Å². The van der Waals surface area contributed by atoms with Gasteiger partial charge in [0, 0.05) is 25.6 Å². The molecular weight excluding hydrogens is 454 g/mol. The lowest BCUT2D eigenvalue weighted by Crippen LogP contribution is -2.24. The van der Waals surface area contributed by atoms with Crippen LogP contribution in [0.4, 0.5) is 10.9 Å². The number of rotatable bonds is 11. The number of pyridine rings is 1. The smallest absolute Gasteiger partial charge is 0.231 e. The molecule has 0 unspecified atom stereocenters. The van der Waals surface area contributed by atoms with Crippen molar-refractivity contribution in [1.82, 2.24) is 25.4 Å². The molecule has 1 aliphatic carbocycles. The summed E-state index contributed by atoms with van der Waals surface area (Å²) in [6.07, 6.45) is 8.86. The van der Waals surface area contributed by atoms with E-state index in [2.05, 4.69) is 36.0 Å². The molecule has 0 radical (unpaired) electrons. The van der Waals surface area contributed by atoms with E-state index in [1.165, 1.54) is 24.7 Å². The van der Waals surface area contributed by atoms with Crippen LogP contribution in [0, 0.1) is 0 Å². The summed E-state index contributed by atoms with van der Waals surface area (Å²) in [6, 6.07) is 7.26. The highest BCUT2D eigenvalue weighted by atomic mass is 32.1. The summed E-state index contributed by atoms with van der Waals surface area (Å²) >= 11 is 1.39. The zero-order valence-corrected chi connectivity index (χ0v) is 19.8. The Labute approximate surface area is 201 Å². The number of carbonyl (C=O) groups excluding carboxylic acids is 2. The molecular formula is C23H27N7O3S. The van der Waals surface area contributed by atoms with Gasteiger partial charge in [-0.05, 0) is 56.7 Å². The van der Waals surface area contributed by atoms with Gasteiger partial charge in [-0.1, -0.05) is 11.3 Å². The average Bonchev–Trinajstić information content (AvgIpc) is 3.21. The van der Waals surface area contributed by atoms with Crippen molar-refractivity contribution in [1.29, 1.82) is 0 Å². The number of hydrogen-bond acceptors (Lipinski definition) is 9. The van der Waals surface area contributed by atoms with Crippen molar-refractivity contribution in [2.24, 2.45) is 0 Å². The summed E-state index contributed by atoms with van der Waals surface area (Å²) < 4.78 is 5.87. The van der Waals surface area contributed by atoms with Gasteiger partial charge >= 0.3 is 0 Å². The Morgan fingerprint density at radius 2 is 1.88 bits per heavy atom. The molecule has 3 heterocycles. The number of aryl methyl sites for hydroxylation is 2. The summed E-state index contributed by atoms with van der Waals surface area (Å²) in [5.41, 5.74) is 1.51. The Morgan fingerprint density at radius 1 is 1.03 bits per heavy atom. The van der Waals surface area contributed by atoms with Crippen molar-refractivity contribution < 1.29 is 14.3 Å². The highest BCUT2D eigenvalue weighted by molar-refractivity contribution is 7.15. The number of amides is 2. The SMILES string of the molecule is CC(=O)Nc1nnc(CCCCc2ccc(NC(=O)Cc3cc(OC4CCC4)ccn3)nn2)s1.